The van der Waals surface area contributed by atoms with Crippen molar-refractivity contribution in [1.29, 1.82) is 0 Å². The molecule has 3 nitrogen and oxygen atoms in total. The minimum absolute atomic E-state index is 0.316. The van der Waals surface area contributed by atoms with E-state index >= 15 is 0 Å². The Balaban J connectivity index is 2.05. The standard InChI is InChI=1S/C16H23NO2/c1-12(17-14-7-5-4-6-8-14)13-9-10-15(18-2)16(11-13)19-3/h4-5,9-12,14,17H,6-8H2,1-3H3. The second-order valence-electron chi connectivity index (χ2n) is 4.98. The molecule has 3 heteroatoms. The van der Waals surface area contributed by atoms with Crippen LogP contribution in [-0.4, -0.2) is 20.3 Å². The first-order valence-electron chi connectivity index (χ1n) is 6.87. The number of ether oxygens (including phenoxy) is 2. The Morgan fingerprint density at radius 2 is 1.95 bits per heavy atom. The largest absolute Gasteiger partial charge is 0.493 e. The SMILES string of the molecule is COc1ccc(C(C)NC2CC=CCC2)cc1OC. The third kappa shape index (κ3) is 3.51. The van der Waals surface area contributed by atoms with Crippen LogP contribution in [-0.2, 0) is 0 Å². The van der Waals surface area contributed by atoms with Gasteiger partial charge in [0.2, 0.25) is 0 Å². The van der Waals surface area contributed by atoms with Crippen molar-refractivity contribution < 1.29 is 9.47 Å². The predicted molar refractivity (Wildman–Crippen MR) is 77.9 cm³/mol. The molecule has 0 radical (unpaired) electrons. The molecule has 1 aromatic carbocycles. The molecule has 0 saturated heterocycles. The highest BCUT2D eigenvalue weighted by molar-refractivity contribution is 5.43. The smallest absolute Gasteiger partial charge is 0.161 e. The fraction of sp³-hybridized carbons (Fsp3) is 0.500. The van der Waals surface area contributed by atoms with E-state index in [-0.39, 0.29) is 0 Å². The Morgan fingerprint density at radius 3 is 2.58 bits per heavy atom. The van der Waals surface area contributed by atoms with Gasteiger partial charge >= 0.3 is 0 Å². The minimum atomic E-state index is 0.316. The lowest BCUT2D eigenvalue weighted by molar-refractivity contribution is 0.353. The molecule has 2 atom stereocenters. The highest BCUT2D eigenvalue weighted by atomic mass is 16.5. The number of rotatable bonds is 5. The summed E-state index contributed by atoms with van der Waals surface area (Å²) in [6.07, 6.45) is 8.05. The molecule has 0 heterocycles. The monoisotopic (exact) mass is 261 g/mol. The van der Waals surface area contributed by atoms with E-state index in [4.69, 9.17) is 9.47 Å². The van der Waals surface area contributed by atoms with Crippen LogP contribution in [0, 0.1) is 0 Å². The molecular weight excluding hydrogens is 238 g/mol. The molecule has 1 aromatic rings. The molecule has 104 valence electrons. The lowest BCUT2D eigenvalue weighted by atomic mass is 9.99. The van der Waals surface area contributed by atoms with Gasteiger partial charge in [-0.15, -0.1) is 0 Å². The van der Waals surface area contributed by atoms with Gasteiger partial charge in [-0.2, -0.15) is 0 Å². The summed E-state index contributed by atoms with van der Waals surface area (Å²) in [5.74, 6) is 1.57. The summed E-state index contributed by atoms with van der Waals surface area (Å²) in [7, 11) is 3.33. The summed E-state index contributed by atoms with van der Waals surface area (Å²) in [4.78, 5) is 0. The maximum atomic E-state index is 5.35. The van der Waals surface area contributed by atoms with Gasteiger partial charge in [0.05, 0.1) is 14.2 Å². The number of nitrogens with one attached hydrogen (secondary N) is 1. The molecule has 2 unspecified atom stereocenters. The van der Waals surface area contributed by atoms with Gasteiger partial charge in [0.25, 0.3) is 0 Å². The lowest BCUT2D eigenvalue weighted by Crippen LogP contribution is -2.32. The molecule has 1 N–H and O–H groups in total. The van der Waals surface area contributed by atoms with Crippen LogP contribution in [0.5, 0.6) is 11.5 Å². The van der Waals surface area contributed by atoms with Crippen LogP contribution in [0.3, 0.4) is 0 Å². The Morgan fingerprint density at radius 1 is 1.16 bits per heavy atom. The molecular formula is C16H23NO2. The zero-order valence-electron chi connectivity index (χ0n) is 12.0. The second-order valence-corrected chi connectivity index (χ2v) is 4.98. The van der Waals surface area contributed by atoms with Gasteiger partial charge in [-0.05, 0) is 43.9 Å². The molecule has 0 aromatic heterocycles. The van der Waals surface area contributed by atoms with E-state index in [2.05, 4.69) is 36.5 Å². The Labute approximate surface area is 115 Å². The quantitative estimate of drug-likeness (QED) is 0.823. The van der Waals surface area contributed by atoms with E-state index in [0.29, 0.717) is 12.1 Å². The van der Waals surface area contributed by atoms with E-state index in [9.17, 15) is 0 Å². The van der Waals surface area contributed by atoms with Gasteiger partial charge in [0.1, 0.15) is 0 Å². The van der Waals surface area contributed by atoms with Crippen LogP contribution in [0.2, 0.25) is 0 Å². The van der Waals surface area contributed by atoms with Crippen molar-refractivity contribution in [3.63, 3.8) is 0 Å². The van der Waals surface area contributed by atoms with Crippen molar-refractivity contribution >= 4 is 0 Å². The maximum Gasteiger partial charge on any atom is 0.161 e. The molecule has 0 fully saturated rings. The average molecular weight is 261 g/mol. The Hall–Kier alpha value is -1.48. The van der Waals surface area contributed by atoms with Crippen LogP contribution in [0.25, 0.3) is 0 Å². The number of benzene rings is 1. The first-order valence-corrected chi connectivity index (χ1v) is 6.87. The number of hydrogen-bond donors (Lipinski definition) is 1. The summed E-state index contributed by atoms with van der Waals surface area (Å²) in [5.41, 5.74) is 1.23. The third-order valence-corrected chi connectivity index (χ3v) is 3.66. The van der Waals surface area contributed by atoms with Gasteiger partial charge in [-0.3, -0.25) is 0 Å². The Bertz CT molecular complexity index is 442. The van der Waals surface area contributed by atoms with Crippen molar-refractivity contribution in [2.24, 2.45) is 0 Å². The second kappa shape index (κ2) is 6.62. The molecule has 0 saturated carbocycles. The molecule has 0 aliphatic heterocycles. The predicted octanol–water partition coefficient (Wildman–Crippen LogP) is 3.46. The van der Waals surface area contributed by atoms with E-state index in [1.165, 1.54) is 18.4 Å². The van der Waals surface area contributed by atoms with Crippen molar-refractivity contribution in [2.45, 2.75) is 38.3 Å². The molecule has 1 aliphatic carbocycles. The summed E-state index contributed by atoms with van der Waals surface area (Å²) < 4.78 is 10.6. The molecule has 2 rings (SSSR count). The van der Waals surface area contributed by atoms with Crippen LogP contribution in [0.15, 0.2) is 30.4 Å². The van der Waals surface area contributed by atoms with Crippen molar-refractivity contribution in [1.82, 2.24) is 5.32 Å². The van der Waals surface area contributed by atoms with Crippen LogP contribution in [0.4, 0.5) is 0 Å². The van der Waals surface area contributed by atoms with Crippen molar-refractivity contribution in [3.8, 4) is 11.5 Å². The molecule has 0 bridgehead atoms. The lowest BCUT2D eigenvalue weighted by Gasteiger charge is -2.24. The minimum Gasteiger partial charge on any atom is -0.493 e. The summed E-state index contributed by atoms with van der Waals surface area (Å²) in [6.45, 7) is 2.19. The van der Waals surface area contributed by atoms with Gasteiger partial charge in [-0.1, -0.05) is 18.2 Å². The van der Waals surface area contributed by atoms with Gasteiger partial charge < -0.3 is 14.8 Å². The van der Waals surface area contributed by atoms with Crippen molar-refractivity contribution in [2.75, 3.05) is 14.2 Å². The first kappa shape index (κ1) is 13.9. The summed E-state index contributed by atoms with van der Waals surface area (Å²) >= 11 is 0. The fourth-order valence-corrected chi connectivity index (χ4v) is 2.52. The summed E-state index contributed by atoms with van der Waals surface area (Å²) in [6, 6.07) is 7.00. The van der Waals surface area contributed by atoms with Gasteiger partial charge in [-0.25, -0.2) is 0 Å². The van der Waals surface area contributed by atoms with E-state index in [0.717, 1.165) is 17.9 Å². The van der Waals surface area contributed by atoms with Crippen molar-refractivity contribution in [3.05, 3.63) is 35.9 Å². The number of hydrogen-bond acceptors (Lipinski definition) is 3. The first-order chi connectivity index (χ1) is 9.24. The molecule has 0 spiro atoms. The maximum absolute atomic E-state index is 5.35. The van der Waals surface area contributed by atoms with Gasteiger partial charge in [0.15, 0.2) is 11.5 Å². The third-order valence-electron chi connectivity index (χ3n) is 3.66. The highest BCUT2D eigenvalue weighted by Crippen LogP contribution is 2.30. The normalized spacial score (nSPS) is 20.1. The van der Waals surface area contributed by atoms with E-state index < -0.39 is 0 Å². The van der Waals surface area contributed by atoms with Gasteiger partial charge in [0, 0.05) is 12.1 Å². The Kier molecular flexibility index (Phi) is 4.86. The zero-order valence-corrected chi connectivity index (χ0v) is 12.0. The van der Waals surface area contributed by atoms with E-state index in [1.54, 1.807) is 14.2 Å². The van der Waals surface area contributed by atoms with Crippen LogP contribution >= 0.6 is 0 Å². The van der Waals surface area contributed by atoms with Crippen LogP contribution in [0.1, 0.15) is 37.8 Å². The highest BCUT2D eigenvalue weighted by Gasteiger charge is 2.15. The zero-order chi connectivity index (χ0) is 13.7. The topological polar surface area (TPSA) is 30.5 Å². The molecule has 1 aliphatic rings. The number of allylic oxidation sites excluding steroid dienone is 1. The fourth-order valence-electron chi connectivity index (χ4n) is 2.52. The van der Waals surface area contributed by atoms with Crippen LogP contribution < -0.4 is 14.8 Å². The number of methoxy groups -OCH3 is 2. The molecule has 19 heavy (non-hydrogen) atoms. The average Bonchev–Trinajstić information content (AvgIpc) is 2.47. The molecule has 0 amide bonds. The summed E-state index contributed by atoms with van der Waals surface area (Å²) in [5, 5.41) is 3.68. The van der Waals surface area contributed by atoms with E-state index in [1.807, 2.05) is 6.07 Å².